The van der Waals surface area contributed by atoms with E-state index in [0.29, 0.717) is 33.4 Å². The lowest BCUT2D eigenvalue weighted by atomic mass is 9.99. The first-order valence-corrected chi connectivity index (χ1v) is 11.7. The van der Waals surface area contributed by atoms with E-state index in [4.69, 9.17) is 26.9 Å². The van der Waals surface area contributed by atoms with Crippen LogP contribution in [0.1, 0.15) is 35.4 Å². The number of fused-ring (bicyclic) bond motifs is 1. The Hall–Kier alpha value is -4.22. The molecule has 0 radical (unpaired) electrons. The minimum Gasteiger partial charge on any atom is -0.455 e. The molecule has 4 aromatic rings. The molecule has 0 amide bonds. The summed E-state index contributed by atoms with van der Waals surface area (Å²) < 4.78 is 10.9. The third-order valence-corrected chi connectivity index (χ3v) is 5.87. The average Bonchev–Trinajstić information content (AvgIpc) is 3.31. The van der Waals surface area contributed by atoms with E-state index in [1.54, 1.807) is 25.1 Å². The molecule has 1 atom stereocenters. The molecular weight excluding hydrogens is 500 g/mol. The molecule has 0 aliphatic carbocycles. The molecule has 0 spiro atoms. The first kappa shape index (κ1) is 25.9. The molecule has 1 unspecified atom stereocenters. The standard InChI is InChI=1S/C25H25ClN6O5/c1-12-8-16(14(3)29-18-4-5-19(26)30-20(18)24-31-25(35)37-32-24)23-17(9-12)21(34)13(2)22(36-23)15(10-27)11-28-6-7-33/h4-5,8-11,14,29,33H,6-7,27H2,1-3H3,(H,31,32,35)/b15-10+,28-11?. The Morgan fingerprint density at radius 3 is 2.78 bits per heavy atom. The number of aromatic amines is 1. The number of rotatable bonds is 8. The smallest absolute Gasteiger partial charge is 0.439 e. The van der Waals surface area contributed by atoms with Gasteiger partial charge in [0.05, 0.1) is 35.8 Å². The van der Waals surface area contributed by atoms with Gasteiger partial charge in [0, 0.05) is 23.5 Å². The number of allylic oxidation sites excluding steroid dienone is 1. The lowest BCUT2D eigenvalue weighted by molar-refractivity contribution is 0.307. The number of aryl methyl sites for hydroxylation is 1. The van der Waals surface area contributed by atoms with Crippen LogP contribution in [-0.2, 0) is 0 Å². The van der Waals surface area contributed by atoms with Crippen LogP contribution >= 0.6 is 11.6 Å². The minimum absolute atomic E-state index is 0.112. The van der Waals surface area contributed by atoms with Gasteiger partial charge in [-0.2, -0.15) is 0 Å². The second kappa shape index (κ2) is 10.8. The van der Waals surface area contributed by atoms with Crippen molar-refractivity contribution in [1.82, 2.24) is 15.1 Å². The summed E-state index contributed by atoms with van der Waals surface area (Å²) in [6, 6.07) is 6.59. The van der Waals surface area contributed by atoms with E-state index in [2.05, 4.69) is 30.0 Å². The zero-order valence-electron chi connectivity index (χ0n) is 20.3. The van der Waals surface area contributed by atoms with Gasteiger partial charge < -0.3 is 20.6 Å². The van der Waals surface area contributed by atoms with Gasteiger partial charge in [-0.3, -0.25) is 19.3 Å². The first-order valence-electron chi connectivity index (χ1n) is 11.3. The SMILES string of the molecule is Cc1cc(C(C)Nc2ccc(Cl)nc2-c2noc(=O)[nH]2)c2oc(/C(C=NCCO)=C/N)c(C)c(=O)c2c1. The van der Waals surface area contributed by atoms with Gasteiger partial charge >= 0.3 is 5.76 Å². The molecule has 192 valence electrons. The van der Waals surface area contributed by atoms with Crippen LogP contribution in [0.4, 0.5) is 5.69 Å². The average molecular weight is 525 g/mol. The van der Waals surface area contributed by atoms with E-state index >= 15 is 0 Å². The van der Waals surface area contributed by atoms with E-state index in [1.807, 2.05) is 19.9 Å². The van der Waals surface area contributed by atoms with Gasteiger partial charge in [-0.15, -0.1) is 0 Å². The number of aromatic nitrogens is 3. The maximum Gasteiger partial charge on any atom is 0.439 e. The second-order valence-electron chi connectivity index (χ2n) is 8.34. The van der Waals surface area contributed by atoms with Crippen LogP contribution in [0.3, 0.4) is 0 Å². The molecule has 4 rings (SSSR count). The lowest BCUT2D eigenvalue weighted by Gasteiger charge is -2.20. The molecular formula is C25H25ClN6O5. The van der Waals surface area contributed by atoms with E-state index in [1.165, 1.54) is 12.4 Å². The molecule has 12 heteroatoms. The van der Waals surface area contributed by atoms with Crippen molar-refractivity contribution in [3.8, 4) is 11.5 Å². The van der Waals surface area contributed by atoms with Gasteiger partial charge in [0.15, 0.2) is 5.43 Å². The Labute approximate surface area is 215 Å². The Kier molecular flexibility index (Phi) is 7.55. The summed E-state index contributed by atoms with van der Waals surface area (Å²) in [7, 11) is 0. The fourth-order valence-corrected chi connectivity index (χ4v) is 4.09. The number of H-pyrrole nitrogens is 1. The second-order valence-corrected chi connectivity index (χ2v) is 8.72. The highest BCUT2D eigenvalue weighted by molar-refractivity contribution is 6.29. The number of pyridine rings is 1. The number of aliphatic hydroxyl groups is 1. The maximum atomic E-state index is 13.4. The minimum atomic E-state index is -0.726. The number of aliphatic hydroxyl groups excluding tert-OH is 1. The third-order valence-electron chi connectivity index (χ3n) is 5.66. The summed E-state index contributed by atoms with van der Waals surface area (Å²) in [5, 5.41) is 16.7. The maximum absolute atomic E-state index is 13.4. The molecule has 3 aromatic heterocycles. The Balaban J connectivity index is 1.84. The van der Waals surface area contributed by atoms with Crippen molar-refractivity contribution in [1.29, 1.82) is 0 Å². The van der Waals surface area contributed by atoms with Crippen LogP contribution in [0, 0.1) is 13.8 Å². The van der Waals surface area contributed by atoms with Crippen molar-refractivity contribution >= 4 is 40.0 Å². The molecule has 0 saturated heterocycles. The van der Waals surface area contributed by atoms with Crippen molar-refractivity contribution < 1.29 is 14.0 Å². The van der Waals surface area contributed by atoms with E-state index in [9.17, 15) is 9.59 Å². The van der Waals surface area contributed by atoms with Gasteiger partial charge in [0.2, 0.25) is 5.82 Å². The predicted octanol–water partition coefficient (Wildman–Crippen LogP) is 3.34. The number of hydrogen-bond acceptors (Lipinski definition) is 10. The quantitative estimate of drug-likeness (QED) is 0.199. The highest BCUT2D eigenvalue weighted by atomic mass is 35.5. The molecule has 0 aliphatic heterocycles. The van der Waals surface area contributed by atoms with Crippen molar-refractivity contribution in [2.24, 2.45) is 10.7 Å². The molecule has 0 saturated carbocycles. The Morgan fingerprint density at radius 1 is 1.32 bits per heavy atom. The van der Waals surface area contributed by atoms with Crippen LogP contribution in [0.5, 0.6) is 0 Å². The van der Waals surface area contributed by atoms with Crippen LogP contribution in [0.15, 0.2) is 54.0 Å². The molecule has 0 aliphatic rings. The van der Waals surface area contributed by atoms with E-state index < -0.39 is 11.8 Å². The largest absolute Gasteiger partial charge is 0.455 e. The fraction of sp³-hybridized carbons (Fsp3) is 0.240. The first-order chi connectivity index (χ1) is 17.7. The number of anilines is 1. The zero-order chi connectivity index (χ0) is 26.7. The molecule has 1 aromatic carbocycles. The third kappa shape index (κ3) is 5.32. The van der Waals surface area contributed by atoms with Crippen molar-refractivity contribution in [2.45, 2.75) is 26.8 Å². The highest BCUT2D eigenvalue weighted by Crippen LogP contribution is 2.33. The number of nitrogens with one attached hydrogen (secondary N) is 2. The van der Waals surface area contributed by atoms with Crippen LogP contribution in [0.2, 0.25) is 5.15 Å². The van der Waals surface area contributed by atoms with Gasteiger partial charge in [0.1, 0.15) is 22.2 Å². The van der Waals surface area contributed by atoms with Crippen LogP contribution in [-0.4, -0.2) is 39.6 Å². The molecule has 5 N–H and O–H groups in total. The number of benzene rings is 1. The normalized spacial score (nSPS) is 12.9. The summed E-state index contributed by atoms with van der Waals surface area (Å²) in [5.74, 6) is -0.329. The van der Waals surface area contributed by atoms with Crippen molar-refractivity contribution in [2.75, 3.05) is 18.5 Å². The topological polar surface area (TPSA) is 173 Å². The zero-order valence-corrected chi connectivity index (χ0v) is 21.1. The van der Waals surface area contributed by atoms with Gasteiger partial charge in [-0.25, -0.2) is 9.78 Å². The molecule has 11 nitrogen and oxygen atoms in total. The Bertz CT molecular complexity index is 1640. The summed E-state index contributed by atoms with van der Waals surface area (Å²) in [6.07, 6.45) is 2.77. The summed E-state index contributed by atoms with van der Waals surface area (Å²) in [5.41, 5.74) is 9.16. The van der Waals surface area contributed by atoms with Gasteiger partial charge in [-0.05, 0) is 44.5 Å². The van der Waals surface area contributed by atoms with Crippen molar-refractivity contribution in [3.63, 3.8) is 0 Å². The van der Waals surface area contributed by atoms with Gasteiger partial charge in [0.25, 0.3) is 0 Å². The lowest BCUT2D eigenvalue weighted by Crippen LogP contribution is -2.14. The molecule has 37 heavy (non-hydrogen) atoms. The molecule has 0 fully saturated rings. The summed E-state index contributed by atoms with van der Waals surface area (Å²) in [4.78, 5) is 35.7. The molecule has 3 heterocycles. The van der Waals surface area contributed by atoms with Crippen LogP contribution in [0.25, 0.3) is 28.1 Å². The number of nitrogens with two attached hydrogens (primary N) is 1. The predicted molar refractivity (Wildman–Crippen MR) is 142 cm³/mol. The van der Waals surface area contributed by atoms with E-state index in [0.717, 1.165) is 5.56 Å². The highest BCUT2D eigenvalue weighted by Gasteiger charge is 2.21. The van der Waals surface area contributed by atoms with Crippen LogP contribution < -0.4 is 22.2 Å². The summed E-state index contributed by atoms with van der Waals surface area (Å²) >= 11 is 6.09. The van der Waals surface area contributed by atoms with Gasteiger partial charge in [-0.1, -0.05) is 22.8 Å². The fourth-order valence-electron chi connectivity index (χ4n) is 3.94. The number of hydrogen-bond donors (Lipinski definition) is 4. The number of aliphatic imine (C=N–C) groups is 1. The van der Waals surface area contributed by atoms with E-state index in [-0.39, 0.29) is 41.0 Å². The number of halogens is 1. The Morgan fingerprint density at radius 2 is 2.11 bits per heavy atom. The van der Waals surface area contributed by atoms with Crippen molar-refractivity contribution in [3.05, 3.63) is 78.8 Å². The molecule has 0 bridgehead atoms. The summed E-state index contributed by atoms with van der Waals surface area (Å²) in [6.45, 7) is 5.51. The number of nitrogens with zero attached hydrogens (tertiary/aromatic N) is 3. The monoisotopic (exact) mass is 524 g/mol.